The molecule has 1 amide bonds. The van der Waals surface area contributed by atoms with E-state index in [0.29, 0.717) is 5.75 Å². The summed E-state index contributed by atoms with van der Waals surface area (Å²) in [6.45, 7) is 3.12. The highest BCUT2D eigenvalue weighted by Gasteiger charge is 2.26. The minimum atomic E-state index is 0.138. The fourth-order valence-corrected chi connectivity index (χ4v) is 3.92. The van der Waals surface area contributed by atoms with Crippen molar-refractivity contribution in [3.63, 3.8) is 0 Å². The summed E-state index contributed by atoms with van der Waals surface area (Å²) in [5.41, 5.74) is 0.991. The number of para-hydroxylation sites is 1. The maximum absolute atomic E-state index is 12.6. The minimum absolute atomic E-state index is 0.138. The predicted octanol–water partition coefficient (Wildman–Crippen LogP) is 1.52. The van der Waals surface area contributed by atoms with Crippen molar-refractivity contribution in [2.75, 3.05) is 36.8 Å². The smallest absolute Gasteiger partial charge is 0.274 e. The highest BCUT2D eigenvalue weighted by molar-refractivity contribution is 7.99. The summed E-state index contributed by atoms with van der Waals surface area (Å²) in [6, 6.07) is 15.9. The zero-order chi connectivity index (χ0) is 18.5. The predicted molar refractivity (Wildman–Crippen MR) is 104 cm³/mol. The van der Waals surface area contributed by atoms with Gasteiger partial charge in [0.05, 0.1) is 25.0 Å². The first-order valence-electron chi connectivity index (χ1n) is 8.89. The standard InChI is InChI=1S/C19H20N6OS/c26-18(24-12-10-23(11-13-24)17-8-4-5-9-20-17)14-27-19-22-21-15-25(19)16-6-2-1-3-7-16/h1-9,15H,10-14H2/p+1. The van der Waals surface area contributed by atoms with Gasteiger partial charge in [-0.05, 0) is 18.2 Å². The Morgan fingerprint density at radius 2 is 1.81 bits per heavy atom. The number of anilines is 1. The van der Waals surface area contributed by atoms with Gasteiger partial charge >= 0.3 is 0 Å². The molecule has 138 valence electrons. The van der Waals surface area contributed by atoms with E-state index in [1.165, 1.54) is 11.8 Å². The van der Waals surface area contributed by atoms with E-state index in [0.717, 1.165) is 42.8 Å². The maximum Gasteiger partial charge on any atom is 0.274 e. The molecule has 0 radical (unpaired) electrons. The van der Waals surface area contributed by atoms with Crippen molar-refractivity contribution in [3.8, 4) is 5.69 Å². The van der Waals surface area contributed by atoms with Gasteiger partial charge in [0.2, 0.25) is 5.91 Å². The first kappa shape index (κ1) is 17.5. The quantitative estimate of drug-likeness (QED) is 0.627. The molecule has 1 aromatic carbocycles. The van der Waals surface area contributed by atoms with Crippen molar-refractivity contribution in [3.05, 3.63) is 61.1 Å². The number of nitrogens with zero attached hydrogens (tertiary/aromatic N) is 5. The second-order valence-corrected chi connectivity index (χ2v) is 7.17. The number of piperazine rings is 1. The van der Waals surface area contributed by atoms with Gasteiger partial charge in [0.1, 0.15) is 19.4 Å². The maximum atomic E-state index is 12.6. The van der Waals surface area contributed by atoms with Crippen LogP contribution in [0.5, 0.6) is 0 Å². The lowest BCUT2D eigenvalue weighted by Gasteiger charge is -2.30. The monoisotopic (exact) mass is 381 g/mol. The lowest BCUT2D eigenvalue weighted by atomic mass is 10.3. The molecule has 1 saturated heterocycles. The van der Waals surface area contributed by atoms with Crippen LogP contribution in [0.1, 0.15) is 0 Å². The number of pyridine rings is 1. The number of nitrogens with one attached hydrogen (secondary N) is 1. The fraction of sp³-hybridized carbons (Fsp3) is 0.263. The molecule has 0 aliphatic carbocycles. The molecular weight excluding hydrogens is 360 g/mol. The molecule has 1 N–H and O–H groups in total. The van der Waals surface area contributed by atoms with E-state index >= 15 is 0 Å². The molecule has 1 aliphatic rings. The first-order valence-corrected chi connectivity index (χ1v) is 9.87. The van der Waals surface area contributed by atoms with Crippen molar-refractivity contribution in [1.82, 2.24) is 19.7 Å². The number of benzene rings is 1. The van der Waals surface area contributed by atoms with Crippen LogP contribution in [0.25, 0.3) is 5.69 Å². The van der Waals surface area contributed by atoms with Crippen LogP contribution in [0.2, 0.25) is 0 Å². The van der Waals surface area contributed by atoms with Crippen molar-refractivity contribution in [1.29, 1.82) is 0 Å². The number of aromatic amines is 1. The van der Waals surface area contributed by atoms with Gasteiger partial charge < -0.3 is 4.90 Å². The molecule has 0 unspecified atom stereocenters. The summed E-state index contributed by atoms with van der Waals surface area (Å²) in [4.78, 5) is 20.0. The van der Waals surface area contributed by atoms with Crippen LogP contribution >= 0.6 is 11.8 Å². The van der Waals surface area contributed by atoms with Crippen molar-refractivity contribution < 1.29 is 9.78 Å². The molecule has 3 heterocycles. The fourth-order valence-electron chi connectivity index (χ4n) is 3.08. The van der Waals surface area contributed by atoms with Gasteiger partial charge in [-0.3, -0.25) is 14.3 Å². The Bertz CT molecular complexity index is 877. The van der Waals surface area contributed by atoms with E-state index in [1.807, 2.05) is 58.1 Å². The van der Waals surface area contributed by atoms with Gasteiger partial charge in [-0.25, -0.2) is 4.98 Å². The van der Waals surface area contributed by atoms with Gasteiger partial charge in [-0.15, -0.1) is 10.2 Å². The Hall–Kier alpha value is -2.87. The number of rotatable bonds is 5. The van der Waals surface area contributed by atoms with Crippen LogP contribution in [0.4, 0.5) is 5.82 Å². The molecule has 27 heavy (non-hydrogen) atoms. The molecule has 4 rings (SSSR count). The highest BCUT2D eigenvalue weighted by Crippen LogP contribution is 2.20. The van der Waals surface area contributed by atoms with Crippen LogP contribution in [0, 0.1) is 0 Å². The number of H-pyrrole nitrogens is 1. The SMILES string of the molecule is O=C(CSc1nncn1-c1ccccc1)N1CCN(c2cccc[nH+]2)CC1. The van der Waals surface area contributed by atoms with E-state index in [4.69, 9.17) is 0 Å². The van der Waals surface area contributed by atoms with Gasteiger partial charge in [0, 0.05) is 11.8 Å². The summed E-state index contributed by atoms with van der Waals surface area (Å²) in [6.07, 6.45) is 3.60. The molecule has 3 aromatic rings. The van der Waals surface area contributed by atoms with Crippen molar-refractivity contribution >= 4 is 23.5 Å². The molecule has 0 bridgehead atoms. The third-order valence-electron chi connectivity index (χ3n) is 4.54. The van der Waals surface area contributed by atoms with E-state index in [-0.39, 0.29) is 5.91 Å². The minimum Gasteiger partial charge on any atom is -0.334 e. The van der Waals surface area contributed by atoms with E-state index in [9.17, 15) is 4.79 Å². The Balaban J connectivity index is 1.32. The van der Waals surface area contributed by atoms with E-state index in [1.54, 1.807) is 6.33 Å². The number of carbonyl (C=O) groups is 1. The zero-order valence-electron chi connectivity index (χ0n) is 14.9. The molecular formula is C19H21N6OS+. The summed E-state index contributed by atoms with van der Waals surface area (Å²) in [5, 5.41) is 8.87. The third-order valence-corrected chi connectivity index (χ3v) is 5.47. The molecule has 0 atom stereocenters. The van der Waals surface area contributed by atoms with Crippen molar-refractivity contribution in [2.24, 2.45) is 0 Å². The third kappa shape index (κ3) is 4.11. The Kier molecular flexibility index (Phi) is 5.34. The summed E-state index contributed by atoms with van der Waals surface area (Å²) in [5.74, 6) is 1.59. The highest BCUT2D eigenvalue weighted by atomic mass is 32.2. The molecule has 8 heteroatoms. The zero-order valence-corrected chi connectivity index (χ0v) is 15.7. The molecule has 1 fully saturated rings. The topological polar surface area (TPSA) is 68.4 Å². The second-order valence-electron chi connectivity index (χ2n) is 6.22. The molecule has 0 saturated carbocycles. The first-order chi connectivity index (χ1) is 13.3. The number of aromatic nitrogens is 4. The largest absolute Gasteiger partial charge is 0.334 e. The van der Waals surface area contributed by atoms with Gasteiger partial charge in [0.25, 0.3) is 5.82 Å². The Labute approximate surface area is 162 Å². The van der Waals surface area contributed by atoms with Crippen LogP contribution in [0.3, 0.4) is 0 Å². The number of amides is 1. The average molecular weight is 381 g/mol. The summed E-state index contributed by atoms with van der Waals surface area (Å²) < 4.78 is 1.90. The van der Waals surface area contributed by atoms with Crippen LogP contribution in [-0.4, -0.2) is 57.5 Å². The van der Waals surface area contributed by atoms with Gasteiger partial charge in [-0.1, -0.05) is 36.0 Å². The molecule has 7 nitrogen and oxygen atoms in total. The van der Waals surface area contributed by atoms with Crippen molar-refractivity contribution in [2.45, 2.75) is 5.16 Å². The summed E-state index contributed by atoms with van der Waals surface area (Å²) in [7, 11) is 0. The molecule has 1 aliphatic heterocycles. The number of carbonyl (C=O) groups excluding carboxylic acids is 1. The number of thioether (sulfide) groups is 1. The lowest BCUT2D eigenvalue weighted by molar-refractivity contribution is -0.364. The van der Waals surface area contributed by atoms with Gasteiger partial charge in [-0.2, -0.15) is 0 Å². The molecule has 0 spiro atoms. The average Bonchev–Trinajstić information content (AvgIpc) is 3.22. The summed E-state index contributed by atoms with van der Waals surface area (Å²) >= 11 is 1.43. The molecule has 2 aromatic heterocycles. The lowest BCUT2D eigenvalue weighted by Crippen LogP contribution is -2.50. The van der Waals surface area contributed by atoms with Crippen LogP contribution < -0.4 is 9.88 Å². The Morgan fingerprint density at radius 3 is 2.56 bits per heavy atom. The van der Waals surface area contributed by atoms with Gasteiger partial charge in [0.15, 0.2) is 5.16 Å². The van der Waals surface area contributed by atoms with Crippen LogP contribution in [-0.2, 0) is 4.79 Å². The number of hydrogen-bond acceptors (Lipinski definition) is 5. The van der Waals surface area contributed by atoms with Crippen LogP contribution in [0.15, 0.2) is 66.2 Å². The normalized spacial score (nSPS) is 14.4. The Morgan fingerprint density at radius 1 is 1.04 bits per heavy atom. The number of hydrogen-bond donors (Lipinski definition) is 0. The van der Waals surface area contributed by atoms with E-state index < -0.39 is 0 Å². The second kappa shape index (κ2) is 8.22. The van der Waals surface area contributed by atoms with E-state index in [2.05, 4.69) is 26.1 Å².